The van der Waals surface area contributed by atoms with E-state index in [1.807, 2.05) is 0 Å². The molecule has 0 heterocycles. The van der Waals surface area contributed by atoms with E-state index in [1.165, 1.54) is 0 Å². The third kappa shape index (κ3) is 6.13. The largest absolute Gasteiger partial charge is 0.460 e. The zero-order valence-electron chi connectivity index (χ0n) is 8.49. The molecule has 4 nitrogen and oxygen atoms in total. The molecule has 0 fully saturated rings. The molecule has 0 aliphatic heterocycles. The SMILES string of the molecule is CC(C)OC(=O)COC(=O)C(C)C. The zero-order valence-corrected chi connectivity index (χ0v) is 8.49. The van der Waals surface area contributed by atoms with Crippen molar-refractivity contribution in [3.63, 3.8) is 0 Å². The standard InChI is InChI=1S/C9H16O4/c1-6(2)9(11)12-5-8(10)13-7(3)4/h6-7H,5H2,1-4H3. The minimum atomic E-state index is -0.510. The van der Waals surface area contributed by atoms with Gasteiger partial charge in [0.2, 0.25) is 0 Å². The first-order chi connectivity index (χ1) is 5.93. The van der Waals surface area contributed by atoms with Crippen LogP contribution in [0.4, 0.5) is 0 Å². The van der Waals surface area contributed by atoms with Gasteiger partial charge in [0, 0.05) is 0 Å². The van der Waals surface area contributed by atoms with Crippen LogP contribution in [0.5, 0.6) is 0 Å². The van der Waals surface area contributed by atoms with Crippen LogP contribution in [0.2, 0.25) is 0 Å². The maximum atomic E-state index is 10.9. The highest BCUT2D eigenvalue weighted by atomic mass is 16.6. The number of carbonyl (C=O) groups is 2. The zero-order chi connectivity index (χ0) is 10.4. The highest BCUT2D eigenvalue weighted by Gasteiger charge is 2.12. The summed E-state index contributed by atoms with van der Waals surface area (Å²) in [5.74, 6) is -1.11. The number of hydrogen-bond acceptors (Lipinski definition) is 4. The summed E-state index contributed by atoms with van der Waals surface area (Å²) in [7, 11) is 0. The number of ether oxygens (including phenoxy) is 2. The molecule has 0 saturated heterocycles. The summed E-state index contributed by atoms with van der Waals surface area (Å²) < 4.78 is 9.42. The van der Waals surface area contributed by atoms with E-state index in [1.54, 1.807) is 27.7 Å². The Morgan fingerprint density at radius 1 is 1.15 bits per heavy atom. The van der Waals surface area contributed by atoms with Gasteiger partial charge in [0.15, 0.2) is 6.61 Å². The van der Waals surface area contributed by atoms with Crippen LogP contribution in [0.15, 0.2) is 0 Å². The predicted molar refractivity (Wildman–Crippen MR) is 47.0 cm³/mol. The van der Waals surface area contributed by atoms with E-state index in [9.17, 15) is 9.59 Å². The average Bonchev–Trinajstić information content (AvgIpc) is 1.98. The van der Waals surface area contributed by atoms with Gasteiger partial charge in [-0.15, -0.1) is 0 Å². The Bertz CT molecular complexity index is 184. The van der Waals surface area contributed by atoms with Crippen LogP contribution in [-0.2, 0) is 19.1 Å². The molecule has 4 heteroatoms. The fraction of sp³-hybridized carbons (Fsp3) is 0.778. The maximum absolute atomic E-state index is 10.9. The number of carbonyl (C=O) groups excluding carboxylic acids is 2. The van der Waals surface area contributed by atoms with Crippen LogP contribution >= 0.6 is 0 Å². The van der Waals surface area contributed by atoms with E-state index in [2.05, 4.69) is 4.74 Å². The van der Waals surface area contributed by atoms with Crippen molar-refractivity contribution >= 4 is 11.9 Å². The Morgan fingerprint density at radius 2 is 1.69 bits per heavy atom. The van der Waals surface area contributed by atoms with Crippen molar-refractivity contribution < 1.29 is 19.1 Å². The number of hydrogen-bond donors (Lipinski definition) is 0. The molecular weight excluding hydrogens is 172 g/mol. The Balaban J connectivity index is 3.64. The van der Waals surface area contributed by atoms with Crippen molar-refractivity contribution in [1.29, 1.82) is 0 Å². The van der Waals surface area contributed by atoms with E-state index < -0.39 is 5.97 Å². The molecule has 76 valence electrons. The lowest BCUT2D eigenvalue weighted by molar-refractivity contribution is -0.162. The van der Waals surface area contributed by atoms with E-state index in [-0.39, 0.29) is 24.6 Å². The summed E-state index contributed by atoms with van der Waals surface area (Å²) in [6, 6.07) is 0. The van der Waals surface area contributed by atoms with Crippen LogP contribution < -0.4 is 0 Å². The van der Waals surface area contributed by atoms with E-state index in [4.69, 9.17) is 4.74 Å². The van der Waals surface area contributed by atoms with Gasteiger partial charge in [-0.3, -0.25) is 4.79 Å². The van der Waals surface area contributed by atoms with Crippen LogP contribution in [-0.4, -0.2) is 24.6 Å². The van der Waals surface area contributed by atoms with Crippen molar-refractivity contribution in [3.05, 3.63) is 0 Å². The molecular formula is C9H16O4. The second-order valence-corrected chi connectivity index (χ2v) is 3.30. The molecule has 0 unspecified atom stereocenters. The van der Waals surface area contributed by atoms with E-state index in [0.29, 0.717) is 0 Å². The van der Waals surface area contributed by atoms with Crippen molar-refractivity contribution in [2.75, 3.05) is 6.61 Å². The highest BCUT2D eigenvalue weighted by molar-refractivity contribution is 5.77. The van der Waals surface area contributed by atoms with Crippen molar-refractivity contribution in [2.45, 2.75) is 33.8 Å². The summed E-state index contributed by atoms with van der Waals surface area (Å²) in [4.78, 5) is 21.8. The summed E-state index contributed by atoms with van der Waals surface area (Å²) in [5, 5.41) is 0. The first kappa shape index (κ1) is 11.9. The Labute approximate surface area is 78.2 Å². The molecule has 0 rings (SSSR count). The minimum Gasteiger partial charge on any atom is -0.460 e. The third-order valence-electron chi connectivity index (χ3n) is 1.17. The van der Waals surface area contributed by atoms with Crippen LogP contribution in [0.25, 0.3) is 0 Å². The molecule has 0 aliphatic rings. The fourth-order valence-corrected chi connectivity index (χ4v) is 0.594. The fourth-order valence-electron chi connectivity index (χ4n) is 0.594. The third-order valence-corrected chi connectivity index (χ3v) is 1.17. The topological polar surface area (TPSA) is 52.6 Å². The highest BCUT2D eigenvalue weighted by Crippen LogP contribution is 1.96. The van der Waals surface area contributed by atoms with Crippen LogP contribution in [0.3, 0.4) is 0 Å². The molecule has 13 heavy (non-hydrogen) atoms. The lowest BCUT2D eigenvalue weighted by Crippen LogP contribution is -2.21. The second kappa shape index (κ2) is 5.56. The maximum Gasteiger partial charge on any atom is 0.344 e. The number of rotatable bonds is 4. The van der Waals surface area contributed by atoms with E-state index in [0.717, 1.165) is 0 Å². The second-order valence-electron chi connectivity index (χ2n) is 3.30. The van der Waals surface area contributed by atoms with E-state index >= 15 is 0 Å². The molecule has 0 atom stereocenters. The van der Waals surface area contributed by atoms with Gasteiger partial charge in [-0.25, -0.2) is 4.79 Å². The average molecular weight is 188 g/mol. The monoisotopic (exact) mass is 188 g/mol. The summed E-state index contributed by atoms with van der Waals surface area (Å²) in [6.45, 7) is 6.59. The molecule has 0 saturated carbocycles. The molecule has 0 aromatic carbocycles. The Hall–Kier alpha value is -1.06. The Kier molecular flexibility index (Phi) is 5.11. The van der Waals surface area contributed by atoms with Crippen molar-refractivity contribution in [2.24, 2.45) is 5.92 Å². The molecule has 0 N–H and O–H groups in total. The van der Waals surface area contributed by atoms with Gasteiger partial charge in [-0.2, -0.15) is 0 Å². The van der Waals surface area contributed by atoms with Gasteiger partial charge >= 0.3 is 11.9 Å². The van der Waals surface area contributed by atoms with Gasteiger partial charge < -0.3 is 9.47 Å². The van der Waals surface area contributed by atoms with Crippen molar-refractivity contribution in [3.8, 4) is 0 Å². The molecule has 0 radical (unpaired) electrons. The van der Waals surface area contributed by atoms with Crippen LogP contribution in [0, 0.1) is 5.92 Å². The lowest BCUT2D eigenvalue weighted by Gasteiger charge is -2.09. The first-order valence-electron chi connectivity index (χ1n) is 4.29. The minimum absolute atomic E-state index is 0.176. The summed E-state index contributed by atoms with van der Waals surface area (Å²) in [6.07, 6.45) is -0.176. The summed E-state index contributed by atoms with van der Waals surface area (Å²) in [5.41, 5.74) is 0. The van der Waals surface area contributed by atoms with Crippen LogP contribution in [0.1, 0.15) is 27.7 Å². The molecule has 0 bridgehead atoms. The van der Waals surface area contributed by atoms with Gasteiger partial charge in [-0.05, 0) is 13.8 Å². The van der Waals surface area contributed by atoms with Gasteiger partial charge in [0.1, 0.15) is 0 Å². The molecule has 0 aromatic heterocycles. The molecule has 0 amide bonds. The Morgan fingerprint density at radius 3 is 2.08 bits per heavy atom. The van der Waals surface area contributed by atoms with Gasteiger partial charge in [0.05, 0.1) is 12.0 Å². The quantitative estimate of drug-likeness (QED) is 0.621. The predicted octanol–water partition coefficient (Wildman–Crippen LogP) is 1.14. The normalized spacial score (nSPS) is 10.3. The van der Waals surface area contributed by atoms with Crippen molar-refractivity contribution in [1.82, 2.24) is 0 Å². The number of esters is 2. The molecule has 0 aromatic rings. The van der Waals surface area contributed by atoms with Gasteiger partial charge in [-0.1, -0.05) is 13.8 Å². The molecule has 0 spiro atoms. The lowest BCUT2D eigenvalue weighted by atomic mass is 10.2. The summed E-state index contributed by atoms with van der Waals surface area (Å²) >= 11 is 0. The molecule has 0 aliphatic carbocycles. The first-order valence-corrected chi connectivity index (χ1v) is 4.29. The van der Waals surface area contributed by atoms with Gasteiger partial charge in [0.25, 0.3) is 0 Å². The smallest absolute Gasteiger partial charge is 0.344 e.